The molecular formula is C16H21ClF3N. The summed E-state index contributed by atoms with van der Waals surface area (Å²) in [6.07, 6.45) is -1.18. The number of nitrogens with one attached hydrogen (secondary N) is 1. The Morgan fingerprint density at radius 2 is 1.90 bits per heavy atom. The van der Waals surface area contributed by atoms with Gasteiger partial charge in [0.25, 0.3) is 0 Å². The first-order valence-corrected chi connectivity index (χ1v) is 7.58. The number of rotatable bonds is 2. The molecule has 0 bridgehead atoms. The van der Waals surface area contributed by atoms with Crippen LogP contribution >= 0.6 is 11.6 Å². The first kappa shape index (κ1) is 16.5. The van der Waals surface area contributed by atoms with Crippen LogP contribution in [0.25, 0.3) is 0 Å². The highest BCUT2D eigenvalue weighted by Crippen LogP contribution is 2.40. The molecule has 5 heteroatoms. The third-order valence-electron chi connectivity index (χ3n) is 4.04. The van der Waals surface area contributed by atoms with Crippen LogP contribution in [0.5, 0.6) is 0 Å². The molecule has 0 radical (unpaired) electrons. The number of benzene rings is 1. The molecule has 1 aromatic rings. The molecule has 0 spiro atoms. The summed E-state index contributed by atoms with van der Waals surface area (Å²) in [7, 11) is 0. The minimum absolute atomic E-state index is 0.126. The van der Waals surface area contributed by atoms with Crippen molar-refractivity contribution in [2.24, 2.45) is 11.3 Å². The predicted octanol–water partition coefficient (Wildman–Crippen LogP) is 5.99. The second-order valence-corrected chi connectivity index (χ2v) is 7.35. The van der Waals surface area contributed by atoms with Gasteiger partial charge in [-0.05, 0) is 48.8 Å². The Morgan fingerprint density at radius 1 is 1.24 bits per heavy atom. The van der Waals surface area contributed by atoms with Gasteiger partial charge in [-0.15, -0.1) is 0 Å². The van der Waals surface area contributed by atoms with Crippen molar-refractivity contribution in [3.63, 3.8) is 0 Å². The Morgan fingerprint density at radius 3 is 2.43 bits per heavy atom. The monoisotopic (exact) mass is 319 g/mol. The number of hydrogen-bond donors (Lipinski definition) is 1. The fraction of sp³-hybridized carbons (Fsp3) is 0.625. The van der Waals surface area contributed by atoms with E-state index in [2.05, 4.69) is 26.1 Å². The highest BCUT2D eigenvalue weighted by Gasteiger charge is 2.33. The minimum Gasteiger partial charge on any atom is -0.381 e. The SMILES string of the molecule is CC1CC(Nc2ccc(C(F)(F)F)cc2Cl)CC(C)(C)C1. The lowest BCUT2D eigenvalue weighted by molar-refractivity contribution is -0.137. The van der Waals surface area contributed by atoms with Crippen molar-refractivity contribution in [3.8, 4) is 0 Å². The molecule has 1 aliphatic carbocycles. The van der Waals surface area contributed by atoms with Gasteiger partial charge in [0.05, 0.1) is 16.3 Å². The third-order valence-corrected chi connectivity index (χ3v) is 4.36. The van der Waals surface area contributed by atoms with Gasteiger partial charge in [-0.25, -0.2) is 0 Å². The van der Waals surface area contributed by atoms with E-state index in [1.165, 1.54) is 12.5 Å². The molecule has 0 saturated heterocycles. The van der Waals surface area contributed by atoms with Crippen molar-refractivity contribution in [2.45, 2.75) is 52.3 Å². The Balaban J connectivity index is 2.13. The Labute approximate surface area is 128 Å². The van der Waals surface area contributed by atoms with E-state index in [0.29, 0.717) is 11.6 Å². The largest absolute Gasteiger partial charge is 0.416 e. The zero-order chi connectivity index (χ0) is 15.8. The van der Waals surface area contributed by atoms with Crippen LogP contribution in [0.4, 0.5) is 18.9 Å². The second-order valence-electron chi connectivity index (χ2n) is 6.95. The van der Waals surface area contributed by atoms with Crippen LogP contribution < -0.4 is 5.32 Å². The maximum Gasteiger partial charge on any atom is 0.416 e. The maximum atomic E-state index is 12.6. The molecular weight excluding hydrogens is 299 g/mol. The van der Waals surface area contributed by atoms with Gasteiger partial charge in [-0.2, -0.15) is 13.2 Å². The van der Waals surface area contributed by atoms with Gasteiger partial charge < -0.3 is 5.32 Å². The number of alkyl halides is 3. The van der Waals surface area contributed by atoms with E-state index in [-0.39, 0.29) is 16.5 Å². The van der Waals surface area contributed by atoms with E-state index in [0.717, 1.165) is 25.0 Å². The molecule has 1 nitrogen and oxygen atoms in total. The second kappa shape index (κ2) is 5.71. The Kier molecular flexibility index (Phi) is 4.48. The van der Waals surface area contributed by atoms with E-state index in [9.17, 15) is 13.2 Å². The first-order valence-electron chi connectivity index (χ1n) is 7.20. The average Bonchev–Trinajstić information content (AvgIpc) is 2.27. The van der Waals surface area contributed by atoms with Crippen LogP contribution in [0.3, 0.4) is 0 Å². The van der Waals surface area contributed by atoms with Gasteiger partial charge in [0, 0.05) is 6.04 Å². The highest BCUT2D eigenvalue weighted by molar-refractivity contribution is 6.33. The molecule has 118 valence electrons. The van der Waals surface area contributed by atoms with Crippen molar-refractivity contribution in [1.82, 2.24) is 0 Å². The Bertz CT molecular complexity index is 511. The molecule has 1 N–H and O–H groups in total. The molecule has 2 atom stereocenters. The van der Waals surface area contributed by atoms with Crippen LogP contribution in [0.2, 0.25) is 5.02 Å². The lowest BCUT2D eigenvalue weighted by Gasteiger charge is -2.39. The van der Waals surface area contributed by atoms with Gasteiger partial charge in [-0.1, -0.05) is 32.4 Å². The molecule has 21 heavy (non-hydrogen) atoms. The fourth-order valence-electron chi connectivity index (χ4n) is 3.48. The number of anilines is 1. The van der Waals surface area contributed by atoms with Gasteiger partial charge in [0.2, 0.25) is 0 Å². The van der Waals surface area contributed by atoms with Gasteiger partial charge >= 0.3 is 6.18 Å². The number of halogens is 4. The van der Waals surface area contributed by atoms with Crippen molar-refractivity contribution in [3.05, 3.63) is 28.8 Å². The van der Waals surface area contributed by atoms with Crippen molar-refractivity contribution >= 4 is 17.3 Å². The molecule has 1 fully saturated rings. The van der Waals surface area contributed by atoms with E-state index < -0.39 is 11.7 Å². The fourth-order valence-corrected chi connectivity index (χ4v) is 3.72. The minimum atomic E-state index is -4.36. The van der Waals surface area contributed by atoms with Crippen molar-refractivity contribution < 1.29 is 13.2 Å². The summed E-state index contributed by atoms with van der Waals surface area (Å²) in [5.74, 6) is 0.597. The molecule has 2 rings (SSSR count). The molecule has 0 heterocycles. The van der Waals surface area contributed by atoms with E-state index >= 15 is 0 Å². The van der Waals surface area contributed by atoms with Crippen LogP contribution in [0.1, 0.15) is 45.6 Å². The standard InChI is InChI=1S/C16H21ClF3N/c1-10-6-12(9-15(2,3)8-10)21-14-5-4-11(7-13(14)17)16(18,19)20/h4-5,7,10,12,21H,6,8-9H2,1-3H3. The molecule has 0 amide bonds. The summed E-state index contributed by atoms with van der Waals surface area (Å²) >= 11 is 6.00. The van der Waals surface area contributed by atoms with Gasteiger partial charge in [0.15, 0.2) is 0 Å². The molecule has 0 aromatic heterocycles. The summed E-state index contributed by atoms with van der Waals surface area (Å²) in [5, 5.41) is 3.44. The third kappa shape index (κ3) is 4.29. The summed E-state index contributed by atoms with van der Waals surface area (Å²) in [4.78, 5) is 0. The smallest absolute Gasteiger partial charge is 0.381 e. The lowest BCUT2D eigenvalue weighted by Crippen LogP contribution is -2.35. The maximum absolute atomic E-state index is 12.6. The van der Waals surface area contributed by atoms with Crippen molar-refractivity contribution in [1.29, 1.82) is 0 Å². The molecule has 0 aliphatic heterocycles. The summed E-state index contributed by atoms with van der Waals surface area (Å²) in [6.45, 7) is 6.67. The zero-order valence-corrected chi connectivity index (χ0v) is 13.3. The quantitative estimate of drug-likeness (QED) is 0.706. The average molecular weight is 320 g/mol. The van der Waals surface area contributed by atoms with Crippen LogP contribution in [0.15, 0.2) is 18.2 Å². The lowest BCUT2D eigenvalue weighted by atomic mass is 9.70. The molecule has 1 aromatic carbocycles. The van der Waals surface area contributed by atoms with Crippen LogP contribution in [0, 0.1) is 11.3 Å². The van der Waals surface area contributed by atoms with Crippen LogP contribution in [-0.4, -0.2) is 6.04 Å². The summed E-state index contributed by atoms with van der Waals surface area (Å²) < 4.78 is 37.9. The number of hydrogen-bond acceptors (Lipinski definition) is 1. The van der Waals surface area contributed by atoms with Crippen molar-refractivity contribution in [2.75, 3.05) is 5.32 Å². The van der Waals surface area contributed by atoms with E-state index in [1.54, 1.807) is 0 Å². The topological polar surface area (TPSA) is 12.0 Å². The molecule has 2 unspecified atom stereocenters. The molecule has 1 aliphatic rings. The Hall–Kier alpha value is -0.900. The van der Waals surface area contributed by atoms with E-state index in [1.807, 2.05) is 0 Å². The summed E-state index contributed by atoms with van der Waals surface area (Å²) in [5.41, 5.74) is 0.114. The van der Waals surface area contributed by atoms with Crippen LogP contribution in [-0.2, 0) is 6.18 Å². The van der Waals surface area contributed by atoms with E-state index in [4.69, 9.17) is 11.6 Å². The highest BCUT2D eigenvalue weighted by atomic mass is 35.5. The normalized spacial score (nSPS) is 25.7. The summed E-state index contributed by atoms with van der Waals surface area (Å²) in [6, 6.07) is 3.74. The first-order chi connectivity index (χ1) is 9.57. The van der Waals surface area contributed by atoms with Gasteiger partial charge in [-0.3, -0.25) is 0 Å². The zero-order valence-electron chi connectivity index (χ0n) is 12.5. The predicted molar refractivity (Wildman–Crippen MR) is 80.7 cm³/mol. The molecule has 1 saturated carbocycles. The van der Waals surface area contributed by atoms with Gasteiger partial charge in [0.1, 0.15) is 0 Å².